The Kier molecular flexibility index (Phi) is 5.78. The Labute approximate surface area is 188 Å². The Morgan fingerprint density at radius 1 is 1.00 bits per heavy atom. The molecule has 1 fully saturated rings. The number of benzene rings is 2. The number of aromatic nitrogens is 1. The molecule has 1 aliphatic heterocycles. The van der Waals surface area contributed by atoms with Crippen LogP contribution in [0.4, 0.5) is 11.4 Å². The largest absolute Gasteiger partial charge is 0.497 e. The number of nitrogens with zero attached hydrogens (tertiary/aromatic N) is 2. The van der Waals surface area contributed by atoms with Gasteiger partial charge in [-0.2, -0.15) is 0 Å². The van der Waals surface area contributed by atoms with Crippen molar-refractivity contribution >= 4 is 23.2 Å². The molecule has 1 N–H and O–H groups in total. The van der Waals surface area contributed by atoms with Crippen molar-refractivity contribution < 1.29 is 14.3 Å². The summed E-state index contributed by atoms with van der Waals surface area (Å²) < 4.78 is 7.50. The average molecular weight is 432 g/mol. The summed E-state index contributed by atoms with van der Waals surface area (Å²) in [6.07, 6.45) is 0.201. The predicted octanol–water partition coefficient (Wildman–Crippen LogP) is 4.71. The smallest absolute Gasteiger partial charge is 0.229 e. The van der Waals surface area contributed by atoms with Gasteiger partial charge < -0.3 is 19.5 Å². The van der Waals surface area contributed by atoms with Crippen molar-refractivity contribution in [2.45, 2.75) is 34.1 Å². The number of hydrogen-bond acceptors (Lipinski definition) is 3. The summed E-state index contributed by atoms with van der Waals surface area (Å²) in [5, 5.41) is 3.07. The lowest BCUT2D eigenvalue weighted by molar-refractivity contribution is -0.122. The first-order chi connectivity index (χ1) is 15.3. The van der Waals surface area contributed by atoms with Crippen molar-refractivity contribution in [2.24, 2.45) is 5.92 Å². The Morgan fingerprint density at radius 3 is 2.41 bits per heavy atom. The summed E-state index contributed by atoms with van der Waals surface area (Å²) in [5.74, 6) is 0.123. The summed E-state index contributed by atoms with van der Waals surface area (Å²) in [5.41, 5.74) is 6.73. The molecule has 3 aromatic rings. The van der Waals surface area contributed by atoms with E-state index >= 15 is 0 Å². The highest BCUT2D eigenvalue weighted by Gasteiger charge is 2.36. The monoisotopic (exact) mass is 431 g/mol. The van der Waals surface area contributed by atoms with E-state index in [1.54, 1.807) is 12.0 Å². The molecule has 2 amide bonds. The number of rotatable bonds is 5. The van der Waals surface area contributed by atoms with Gasteiger partial charge in [0.05, 0.1) is 24.4 Å². The van der Waals surface area contributed by atoms with Gasteiger partial charge in [-0.05, 0) is 69.2 Å². The molecule has 1 saturated heterocycles. The van der Waals surface area contributed by atoms with E-state index in [9.17, 15) is 9.59 Å². The highest BCUT2D eigenvalue weighted by atomic mass is 16.5. The zero-order chi connectivity index (χ0) is 23.0. The van der Waals surface area contributed by atoms with Gasteiger partial charge in [0, 0.05) is 36.1 Å². The maximum Gasteiger partial charge on any atom is 0.229 e. The topological polar surface area (TPSA) is 63.6 Å². The molecular formula is C26H29N3O3. The van der Waals surface area contributed by atoms with Gasteiger partial charge in [0.2, 0.25) is 11.8 Å². The van der Waals surface area contributed by atoms with Crippen LogP contribution in [0.3, 0.4) is 0 Å². The van der Waals surface area contributed by atoms with Crippen LogP contribution in [-0.4, -0.2) is 30.0 Å². The lowest BCUT2D eigenvalue weighted by atomic mass is 10.1. The lowest BCUT2D eigenvalue weighted by Crippen LogP contribution is -2.29. The summed E-state index contributed by atoms with van der Waals surface area (Å²) in [6, 6.07) is 15.6. The second kappa shape index (κ2) is 8.54. The molecule has 0 spiro atoms. The first-order valence-electron chi connectivity index (χ1n) is 10.8. The Morgan fingerprint density at radius 2 is 1.72 bits per heavy atom. The normalized spacial score (nSPS) is 15.8. The van der Waals surface area contributed by atoms with Crippen LogP contribution in [0.25, 0.3) is 5.69 Å². The average Bonchev–Trinajstić information content (AvgIpc) is 3.32. The predicted molar refractivity (Wildman–Crippen MR) is 127 cm³/mol. The molecule has 0 bridgehead atoms. The lowest BCUT2D eigenvalue weighted by Gasteiger charge is -2.21. The van der Waals surface area contributed by atoms with Crippen molar-refractivity contribution in [3.8, 4) is 11.4 Å². The molecule has 0 radical (unpaired) electrons. The fraction of sp³-hybridized carbons (Fsp3) is 0.308. The number of anilines is 2. The van der Waals surface area contributed by atoms with E-state index in [1.165, 1.54) is 0 Å². The number of ether oxygens (including phenoxy) is 1. The van der Waals surface area contributed by atoms with Gasteiger partial charge in [0.25, 0.3) is 0 Å². The van der Waals surface area contributed by atoms with E-state index in [1.807, 2.05) is 76.2 Å². The molecule has 166 valence electrons. The molecule has 6 nitrogen and oxygen atoms in total. The zero-order valence-electron chi connectivity index (χ0n) is 19.2. The molecule has 0 unspecified atom stereocenters. The molecule has 4 rings (SSSR count). The number of nitrogens with one attached hydrogen (secondary N) is 1. The maximum absolute atomic E-state index is 13.2. The molecule has 0 aliphatic carbocycles. The standard InChI is InChI=1S/C26H29N3O3/c1-16-7-6-8-23(19(16)4)28-15-20(13-25(28)30)26(31)27-22-12-11-21(32-5)14-24(22)29-17(2)9-10-18(29)3/h6-12,14,20H,13,15H2,1-5H3,(H,27,31)/t20-/m1/s1. The van der Waals surface area contributed by atoms with Gasteiger partial charge in [-0.1, -0.05) is 12.1 Å². The van der Waals surface area contributed by atoms with Crippen LogP contribution in [0.15, 0.2) is 48.5 Å². The fourth-order valence-electron chi connectivity index (χ4n) is 4.36. The van der Waals surface area contributed by atoms with Crippen LogP contribution in [0.2, 0.25) is 0 Å². The molecule has 1 aromatic heterocycles. The molecule has 1 atom stereocenters. The summed E-state index contributed by atoms with van der Waals surface area (Å²) in [7, 11) is 1.62. The quantitative estimate of drug-likeness (QED) is 0.636. The number of methoxy groups -OCH3 is 1. The van der Waals surface area contributed by atoms with Crippen LogP contribution in [0.1, 0.15) is 28.9 Å². The van der Waals surface area contributed by atoms with E-state index < -0.39 is 5.92 Å². The molecular weight excluding hydrogens is 402 g/mol. The highest BCUT2D eigenvalue weighted by Crippen LogP contribution is 2.32. The molecule has 32 heavy (non-hydrogen) atoms. The van der Waals surface area contributed by atoms with Gasteiger partial charge in [-0.25, -0.2) is 0 Å². The van der Waals surface area contributed by atoms with Gasteiger partial charge in [0.15, 0.2) is 0 Å². The van der Waals surface area contributed by atoms with Gasteiger partial charge in [-0.3, -0.25) is 9.59 Å². The Hall–Kier alpha value is -3.54. The third kappa shape index (κ3) is 3.88. The molecule has 6 heteroatoms. The van der Waals surface area contributed by atoms with Crippen LogP contribution in [-0.2, 0) is 9.59 Å². The van der Waals surface area contributed by atoms with Crippen LogP contribution >= 0.6 is 0 Å². The maximum atomic E-state index is 13.2. The van der Waals surface area contributed by atoms with Crippen molar-refractivity contribution in [2.75, 3.05) is 23.9 Å². The van der Waals surface area contributed by atoms with E-state index in [-0.39, 0.29) is 18.2 Å². The minimum atomic E-state index is -0.413. The number of carbonyl (C=O) groups excluding carboxylic acids is 2. The second-order valence-corrected chi connectivity index (χ2v) is 8.45. The first kappa shape index (κ1) is 21.7. The van der Waals surface area contributed by atoms with Crippen LogP contribution in [0.5, 0.6) is 5.75 Å². The third-order valence-electron chi connectivity index (χ3n) is 6.34. The van der Waals surface area contributed by atoms with Crippen LogP contribution < -0.4 is 15.0 Å². The molecule has 2 aromatic carbocycles. The highest BCUT2D eigenvalue weighted by molar-refractivity contribution is 6.04. The molecule has 2 heterocycles. The minimum absolute atomic E-state index is 0.0223. The van der Waals surface area contributed by atoms with Crippen molar-refractivity contribution in [3.05, 3.63) is 71.0 Å². The SMILES string of the molecule is COc1ccc(NC(=O)[C@@H]2CC(=O)N(c3cccc(C)c3C)C2)c(-n2c(C)ccc2C)c1. The summed E-state index contributed by atoms with van der Waals surface area (Å²) in [6.45, 7) is 8.46. The van der Waals surface area contributed by atoms with E-state index in [0.29, 0.717) is 18.0 Å². The van der Waals surface area contributed by atoms with Gasteiger partial charge in [-0.15, -0.1) is 0 Å². The zero-order valence-corrected chi connectivity index (χ0v) is 19.2. The number of carbonyl (C=O) groups is 2. The molecule has 0 saturated carbocycles. The van der Waals surface area contributed by atoms with Gasteiger partial charge in [0.1, 0.15) is 5.75 Å². The summed E-state index contributed by atoms with van der Waals surface area (Å²) in [4.78, 5) is 27.7. The van der Waals surface area contributed by atoms with E-state index in [0.717, 1.165) is 33.9 Å². The second-order valence-electron chi connectivity index (χ2n) is 8.45. The van der Waals surface area contributed by atoms with Crippen molar-refractivity contribution in [1.29, 1.82) is 0 Å². The Bertz CT molecular complexity index is 1180. The first-order valence-corrected chi connectivity index (χ1v) is 10.8. The Balaban J connectivity index is 1.60. The minimum Gasteiger partial charge on any atom is -0.497 e. The third-order valence-corrected chi connectivity index (χ3v) is 6.34. The number of amides is 2. The summed E-state index contributed by atoms with van der Waals surface area (Å²) >= 11 is 0. The van der Waals surface area contributed by atoms with Crippen molar-refractivity contribution in [1.82, 2.24) is 4.57 Å². The molecule has 1 aliphatic rings. The van der Waals surface area contributed by atoms with Gasteiger partial charge >= 0.3 is 0 Å². The van der Waals surface area contributed by atoms with E-state index in [4.69, 9.17) is 4.74 Å². The van der Waals surface area contributed by atoms with Crippen molar-refractivity contribution in [3.63, 3.8) is 0 Å². The van der Waals surface area contributed by atoms with Crippen LogP contribution in [0, 0.1) is 33.6 Å². The van der Waals surface area contributed by atoms with E-state index in [2.05, 4.69) is 9.88 Å². The number of hydrogen-bond donors (Lipinski definition) is 1. The fourth-order valence-corrected chi connectivity index (χ4v) is 4.36. The number of aryl methyl sites for hydroxylation is 3.